The fourth-order valence-corrected chi connectivity index (χ4v) is 3.35. The summed E-state index contributed by atoms with van der Waals surface area (Å²) in [5, 5.41) is 3.23. The van der Waals surface area contributed by atoms with Crippen molar-refractivity contribution >= 4 is 33.2 Å². The van der Waals surface area contributed by atoms with E-state index < -0.39 is 10.0 Å². The van der Waals surface area contributed by atoms with E-state index >= 15 is 0 Å². The second kappa shape index (κ2) is 8.91. The number of ether oxygens (including phenoxy) is 1. The van der Waals surface area contributed by atoms with Crippen LogP contribution in [-0.2, 0) is 21.2 Å². The second-order valence-corrected chi connectivity index (χ2v) is 8.04. The van der Waals surface area contributed by atoms with Gasteiger partial charge in [0, 0.05) is 11.6 Å². The summed E-state index contributed by atoms with van der Waals surface area (Å²) in [5.41, 5.74) is 1.40. The Bertz CT molecular complexity index is 854. The lowest BCUT2D eigenvalue weighted by Crippen LogP contribution is -2.40. The average molecular weight is 397 g/mol. The number of sulfonamides is 1. The first-order valence-electron chi connectivity index (χ1n) is 7.92. The van der Waals surface area contributed by atoms with Gasteiger partial charge >= 0.3 is 0 Å². The number of rotatable bonds is 8. The summed E-state index contributed by atoms with van der Waals surface area (Å²) < 4.78 is 30.2. The van der Waals surface area contributed by atoms with E-state index in [0.717, 1.165) is 21.9 Å². The van der Waals surface area contributed by atoms with Crippen molar-refractivity contribution in [3.63, 3.8) is 0 Å². The van der Waals surface area contributed by atoms with Gasteiger partial charge in [0.25, 0.3) is 0 Å². The Balaban J connectivity index is 1.96. The SMILES string of the molecule is COc1cccc(CCNC(=O)CN(c2ccc(Cl)cc2)S(C)(=O)=O)c1. The van der Waals surface area contributed by atoms with Crippen molar-refractivity contribution in [1.29, 1.82) is 0 Å². The predicted octanol–water partition coefficient (Wildman–Crippen LogP) is 2.47. The zero-order valence-electron chi connectivity index (χ0n) is 14.6. The maximum atomic E-state index is 12.2. The molecule has 2 aromatic rings. The first-order valence-corrected chi connectivity index (χ1v) is 10.1. The number of hydrogen-bond acceptors (Lipinski definition) is 4. The lowest BCUT2D eigenvalue weighted by molar-refractivity contribution is -0.119. The minimum absolute atomic E-state index is 0.293. The van der Waals surface area contributed by atoms with Gasteiger partial charge in [0.2, 0.25) is 15.9 Å². The molecule has 0 aliphatic rings. The van der Waals surface area contributed by atoms with Gasteiger partial charge in [-0.15, -0.1) is 0 Å². The van der Waals surface area contributed by atoms with E-state index in [9.17, 15) is 13.2 Å². The standard InChI is InChI=1S/C18H21ClN2O4S/c1-25-17-5-3-4-14(12-17)10-11-20-18(22)13-21(26(2,23)24)16-8-6-15(19)7-9-16/h3-9,12H,10-11,13H2,1-2H3,(H,20,22). The lowest BCUT2D eigenvalue weighted by Gasteiger charge is -2.22. The molecule has 0 saturated heterocycles. The van der Waals surface area contributed by atoms with Crippen LogP contribution in [0.4, 0.5) is 5.69 Å². The van der Waals surface area contributed by atoms with E-state index in [0.29, 0.717) is 23.7 Å². The normalized spacial score (nSPS) is 11.0. The molecule has 0 unspecified atom stereocenters. The average Bonchev–Trinajstić information content (AvgIpc) is 2.60. The molecule has 0 atom stereocenters. The number of anilines is 1. The smallest absolute Gasteiger partial charge is 0.240 e. The summed E-state index contributed by atoms with van der Waals surface area (Å²) in [6.45, 7) is 0.1000. The number of hydrogen-bond donors (Lipinski definition) is 1. The van der Waals surface area contributed by atoms with Crippen LogP contribution < -0.4 is 14.4 Å². The maximum absolute atomic E-state index is 12.2. The zero-order chi connectivity index (χ0) is 19.2. The third kappa shape index (κ3) is 5.93. The van der Waals surface area contributed by atoms with Gasteiger partial charge in [-0.1, -0.05) is 23.7 Å². The molecule has 0 bridgehead atoms. The van der Waals surface area contributed by atoms with Crippen LogP contribution in [0.1, 0.15) is 5.56 Å². The van der Waals surface area contributed by atoms with Gasteiger partial charge in [-0.3, -0.25) is 9.10 Å². The van der Waals surface area contributed by atoms with Crippen molar-refractivity contribution in [3.8, 4) is 5.75 Å². The third-order valence-corrected chi connectivity index (χ3v) is 5.06. The van der Waals surface area contributed by atoms with Crippen LogP contribution >= 0.6 is 11.6 Å². The fourth-order valence-electron chi connectivity index (χ4n) is 2.37. The molecule has 8 heteroatoms. The number of nitrogens with zero attached hydrogens (tertiary/aromatic N) is 1. The molecule has 2 rings (SSSR count). The number of halogens is 1. The summed E-state index contributed by atoms with van der Waals surface area (Å²) in [6.07, 6.45) is 1.67. The van der Waals surface area contributed by atoms with Gasteiger partial charge < -0.3 is 10.1 Å². The lowest BCUT2D eigenvalue weighted by atomic mass is 10.1. The molecule has 0 aromatic heterocycles. The molecule has 1 N–H and O–H groups in total. The Hall–Kier alpha value is -2.25. The van der Waals surface area contributed by atoms with Crippen LogP contribution in [0.3, 0.4) is 0 Å². The van der Waals surface area contributed by atoms with Gasteiger partial charge in [-0.05, 0) is 48.4 Å². The molecule has 0 aliphatic carbocycles. The number of methoxy groups -OCH3 is 1. The maximum Gasteiger partial charge on any atom is 0.240 e. The fraction of sp³-hybridized carbons (Fsp3) is 0.278. The summed E-state index contributed by atoms with van der Waals surface area (Å²) in [5.74, 6) is 0.369. The van der Waals surface area contributed by atoms with Crippen molar-refractivity contribution in [2.24, 2.45) is 0 Å². The summed E-state index contributed by atoms with van der Waals surface area (Å²) in [4.78, 5) is 12.2. The molecule has 26 heavy (non-hydrogen) atoms. The van der Waals surface area contributed by atoms with E-state index in [-0.39, 0.29) is 12.5 Å². The van der Waals surface area contributed by atoms with Crippen LogP contribution in [0.5, 0.6) is 5.75 Å². The molecule has 0 radical (unpaired) electrons. The first kappa shape index (κ1) is 20.1. The Kier molecular flexibility index (Phi) is 6.88. The predicted molar refractivity (Wildman–Crippen MR) is 103 cm³/mol. The Morgan fingerprint density at radius 2 is 1.88 bits per heavy atom. The second-order valence-electron chi connectivity index (χ2n) is 5.70. The minimum Gasteiger partial charge on any atom is -0.497 e. The summed E-state index contributed by atoms with van der Waals surface area (Å²) in [6, 6.07) is 13.8. The molecule has 6 nitrogen and oxygen atoms in total. The molecule has 0 fully saturated rings. The molecular formula is C18H21ClN2O4S. The van der Waals surface area contributed by atoms with Crippen LogP contribution in [0.15, 0.2) is 48.5 Å². The van der Waals surface area contributed by atoms with E-state index in [2.05, 4.69) is 5.32 Å². The Morgan fingerprint density at radius 1 is 1.19 bits per heavy atom. The van der Waals surface area contributed by atoms with Crippen molar-refractivity contribution in [1.82, 2.24) is 5.32 Å². The number of benzene rings is 2. The third-order valence-electron chi connectivity index (χ3n) is 3.67. The van der Waals surface area contributed by atoms with Gasteiger partial charge in [0.15, 0.2) is 0 Å². The summed E-state index contributed by atoms with van der Waals surface area (Å²) >= 11 is 5.83. The molecule has 0 heterocycles. The van der Waals surface area contributed by atoms with Gasteiger partial charge in [-0.2, -0.15) is 0 Å². The molecule has 140 valence electrons. The quantitative estimate of drug-likeness (QED) is 0.743. The highest BCUT2D eigenvalue weighted by Crippen LogP contribution is 2.20. The molecular weight excluding hydrogens is 376 g/mol. The Labute approximate surface area is 158 Å². The van der Waals surface area contributed by atoms with E-state index in [4.69, 9.17) is 16.3 Å². The van der Waals surface area contributed by atoms with Crippen LogP contribution in [-0.4, -0.2) is 40.8 Å². The van der Waals surface area contributed by atoms with E-state index in [1.165, 1.54) is 0 Å². The van der Waals surface area contributed by atoms with Crippen molar-refractivity contribution in [3.05, 3.63) is 59.1 Å². The number of amides is 1. The van der Waals surface area contributed by atoms with Crippen LogP contribution in [0.2, 0.25) is 5.02 Å². The number of carbonyl (C=O) groups is 1. The van der Waals surface area contributed by atoms with Crippen molar-refractivity contribution in [2.45, 2.75) is 6.42 Å². The van der Waals surface area contributed by atoms with Crippen LogP contribution in [0, 0.1) is 0 Å². The van der Waals surface area contributed by atoms with E-state index in [1.807, 2.05) is 24.3 Å². The topological polar surface area (TPSA) is 75.7 Å². The highest BCUT2D eigenvalue weighted by atomic mass is 35.5. The summed E-state index contributed by atoms with van der Waals surface area (Å²) in [7, 11) is -2.00. The van der Waals surface area contributed by atoms with Gasteiger partial charge in [0.1, 0.15) is 12.3 Å². The zero-order valence-corrected chi connectivity index (χ0v) is 16.2. The monoisotopic (exact) mass is 396 g/mol. The van der Waals surface area contributed by atoms with Crippen molar-refractivity contribution in [2.75, 3.05) is 30.8 Å². The highest BCUT2D eigenvalue weighted by Gasteiger charge is 2.20. The first-order chi connectivity index (χ1) is 12.3. The molecule has 0 spiro atoms. The highest BCUT2D eigenvalue weighted by molar-refractivity contribution is 7.92. The van der Waals surface area contributed by atoms with Crippen molar-refractivity contribution < 1.29 is 17.9 Å². The largest absolute Gasteiger partial charge is 0.497 e. The molecule has 0 saturated carbocycles. The molecule has 1 amide bonds. The van der Waals surface area contributed by atoms with Gasteiger partial charge in [-0.25, -0.2) is 8.42 Å². The molecule has 0 aliphatic heterocycles. The molecule has 2 aromatic carbocycles. The number of nitrogens with one attached hydrogen (secondary N) is 1. The Morgan fingerprint density at radius 3 is 2.50 bits per heavy atom. The van der Waals surface area contributed by atoms with E-state index in [1.54, 1.807) is 31.4 Å². The number of carbonyl (C=O) groups excluding carboxylic acids is 1. The minimum atomic E-state index is -3.60. The van der Waals surface area contributed by atoms with Crippen LogP contribution in [0.25, 0.3) is 0 Å². The van der Waals surface area contributed by atoms with Gasteiger partial charge in [0.05, 0.1) is 19.1 Å².